The highest BCUT2D eigenvalue weighted by molar-refractivity contribution is 7.00. The lowest BCUT2D eigenvalue weighted by molar-refractivity contribution is 0.709. The SMILES string of the molecule is C=CCCCCCNc1c(Cl)ccc2nsnc12. The van der Waals surface area contributed by atoms with Gasteiger partial charge in [0.1, 0.15) is 11.0 Å². The summed E-state index contributed by atoms with van der Waals surface area (Å²) >= 11 is 7.40. The van der Waals surface area contributed by atoms with Crippen molar-refractivity contribution in [2.75, 3.05) is 11.9 Å². The second-order valence-corrected chi connectivity index (χ2v) is 5.05. The molecule has 0 fully saturated rings. The van der Waals surface area contributed by atoms with Gasteiger partial charge in [-0.2, -0.15) is 8.75 Å². The smallest absolute Gasteiger partial charge is 0.129 e. The molecular weight excluding hydrogens is 266 g/mol. The molecule has 2 rings (SSSR count). The third kappa shape index (κ3) is 3.21. The first-order valence-electron chi connectivity index (χ1n) is 6.08. The van der Waals surface area contributed by atoms with Crippen LogP contribution in [0.15, 0.2) is 24.8 Å². The number of nitrogens with one attached hydrogen (secondary N) is 1. The number of halogens is 1. The number of hydrogen-bond donors (Lipinski definition) is 1. The van der Waals surface area contributed by atoms with Gasteiger partial charge in [0.2, 0.25) is 0 Å². The van der Waals surface area contributed by atoms with Crippen LogP contribution in [0, 0.1) is 0 Å². The third-order valence-electron chi connectivity index (χ3n) is 2.76. The third-order valence-corrected chi connectivity index (χ3v) is 3.62. The highest BCUT2D eigenvalue weighted by Gasteiger charge is 2.08. The first-order valence-corrected chi connectivity index (χ1v) is 7.19. The summed E-state index contributed by atoms with van der Waals surface area (Å²) < 4.78 is 8.49. The molecule has 0 aliphatic carbocycles. The van der Waals surface area contributed by atoms with E-state index in [0.717, 1.165) is 36.1 Å². The van der Waals surface area contributed by atoms with Crippen LogP contribution < -0.4 is 5.32 Å². The van der Waals surface area contributed by atoms with E-state index < -0.39 is 0 Å². The Hall–Kier alpha value is -1.13. The molecule has 0 unspecified atom stereocenters. The van der Waals surface area contributed by atoms with Crippen molar-refractivity contribution in [3.63, 3.8) is 0 Å². The van der Waals surface area contributed by atoms with Crippen molar-refractivity contribution in [2.24, 2.45) is 0 Å². The molecule has 0 bridgehead atoms. The maximum Gasteiger partial charge on any atom is 0.129 e. The summed E-state index contributed by atoms with van der Waals surface area (Å²) in [4.78, 5) is 0. The molecule has 3 nitrogen and oxygen atoms in total. The van der Waals surface area contributed by atoms with Crippen molar-refractivity contribution in [3.8, 4) is 0 Å². The van der Waals surface area contributed by atoms with Crippen molar-refractivity contribution in [1.29, 1.82) is 0 Å². The Morgan fingerprint density at radius 2 is 2.17 bits per heavy atom. The Balaban J connectivity index is 1.92. The summed E-state index contributed by atoms with van der Waals surface area (Å²) in [7, 11) is 0. The molecule has 0 spiro atoms. The fourth-order valence-electron chi connectivity index (χ4n) is 1.80. The minimum Gasteiger partial charge on any atom is -0.382 e. The lowest BCUT2D eigenvalue weighted by Gasteiger charge is -2.08. The molecule has 0 aliphatic rings. The van der Waals surface area contributed by atoms with Crippen LogP contribution in [0.1, 0.15) is 25.7 Å². The molecule has 0 saturated carbocycles. The van der Waals surface area contributed by atoms with Crippen LogP contribution in [-0.2, 0) is 0 Å². The van der Waals surface area contributed by atoms with Gasteiger partial charge in [0.15, 0.2) is 0 Å². The second-order valence-electron chi connectivity index (χ2n) is 4.12. The molecule has 1 aromatic heterocycles. The fraction of sp³-hybridized carbons (Fsp3) is 0.385. The van der Waals surface area contributed by atoms with Crippen molar-refractivity contribution >= 4 is 40.0 Å². The predicted octanol–water partition coefficient (Wildman–Crippen LogP) is 4.50. The van der Waals surface area contributed by atoms with Crippen LogP contribution in [0.5, 0.6) is 0 Å². The number of aromatic nitrogens is 2. The van der Waals surface area contributed by atoms with E-state index >= 15 is 0 Å². The van der Waals surface area contributed by atoms with Gasteiger partial charge in [0, 0.05) is 6.54 Å². The zero-order chi connectivity index (χ0) is 12.8. The van der Waals surface area contributed by atoms with Gasteiger partial charge in [-0.3, -0.25) is 0 Å². The maximum absolute atomic E-state index is 6.18. The van der Waals surface area contributed by atoms with Crippen molar-refractivity contribution in [2.45, 2.75) is 25.7 Å². The van der Waals surface area contributed by atoms with Gasteiger partial charge in [0.25, 0.3) is 0 Å². The van der Waals surface area contributed by atoms with E-state index in [2.05, 4.69) is 20.6 Å². The number of nitrogens with zero attached hydrogens (tertiary/aromatic N) is 2. The molecular formula is C13H16ClN3S. The van der Waals surface area contributed by atoms with Crippen LogP contribution in [-0.4, -0.2) is 15.3 Å². The van der Waals surface area contributed by atoms with Gasteiger partial charge >= 0.3 is 0 Å². The molecule has 1 N–H and O–H groups in total. The zero-order valence-corrected chi connectivity index (χ0v) is 11.7. The number of hydrogen-bond acceptors (Lipinski definition) is 4. The standard InChI is InChI=1S/C13H16ClN3S/c1-2-3-4-5-6-9-15-12-10(14)7-8-11-13(12)17-18-16-11/h2,7-8,15H,1,3-6,9H2. The lowest BCUT2D eigenvalue weighted by atomic mass is 10.2. The van der Waals surface area contributed by atoms with Crippen LogP contribution in [0.2, 0.25) is 5.02 Å². The molecule has 1 aromatic carbocycles. The second kappa shape index (κ2) is 6.71. The summed E-state index contributed by atoms with van der Waals surface area (Å²) in [6.45, 7) is 4.63. The number of anilines is 1. The quantitative estimate of drug-likeness (QED) is 0.600. The number of rotatable bonds is 7. The van der Waals surface area contributed by atoms with Gasteiger partial charge < -0.3 is 5.32 Å². The molecule has 2 aromatic rings. The largest absolute Gasteiger partial charge is 0.382 e. The van der Waals surface area contributed by atoms with Crippen molar-refractivity contribution in [1.82, 2.24) is 8.75 Å². The van der Waals surface area contributed by atoms with E-state index in [1.807, 2.05) is 18.2 Å². The monoisotopic (exact) mass is 281 g/mol. The number of allylic oxidation sites excluding steroid dienone is 1. The molecule has 0 aliphatic heterocycles. The van der Waals surface area contributed by atoms with E-state index in [1.165, 1.54) is 24.6 Å². The molecule has 96 valence electrons. The first kappa shape index (κ1) is 13.3. The average Bonchev–Trinajstić information content (AvgIpc) is 2.84. The van der Waals surface area contributed by atoms with E-state index in [1.54, 1.807) is 0 Å². The van der Waals surface area contributed by atoms with E-state index in [9.17, 15) is 0 Å². The molecule has 18 heavy (non-hydrogen) atoms. The Morgan fingerprint density at radius 3 is 3.00 bits per heavy atom. The average molecular weight is 282 g/mol. The summed E-state index contributed by atoms with van der Waals surface area (Å²) in [6, 6.07) is 3.77. The van der Waals surface area contributed by atoms with E-state index in [0.29, 0.717) is 5.02 Å². The van der Waals surface area contributed by atoms with Gasteiger partial charge in [-0.15, -0.1) is 6.58 Å². The van der Waals surface area contributed by atoms with E-state index in [4.69, 9.17) is 11.6 Å². The molecule has 1 heterocycles. The highest BCUT2D eigenvalue weighted by atomic mass is 35.5. The van der Waals surface area contributed by atoms with Gasteiger partial charge in [-0.25, -0.2) is 0 Å². The molecule has 0 radical (unpaired) electrons. The summed E-state index contributed by atoms with van der Waals surface area (Å²) in [5.74, 6) is 0. The van der Waals surface area contributed by atoms with Gasteiger partial charge in [-0.05, 0) is 31.4 Å². The Labute approximate surface area is 116 Å². The van der Waals surface area contributed by atoms with E-state index in [-0.39, 0.29) is 0 Å². The predicted molar refractivity (Wildman–Crippen MR) is 79.6 cm³/mol. The first-order chi connectivity index (χ1) is 8.83. The minimum atomic E-state index is 0.710. The highest BCUT2D eigenvalue weighted by Crippen LogP contribution is 2.29. The lowest BCUT2D eigenvalue weighted by Crippen LogP contribution is -2.02. The van der Waals surface area contributed by atoms with Crippen LogP contribution in [0.25, 0.3) is 11.0 Å². The maximum atomic E-state index is 6.18. The summed E-state index contributed by atoms with van der Waals surface area (Å²) in [6.07, 6.45) is 6.57. The number of benzene rings is 1. The van der Waals surface area contributed by atoms with Crippen molar-refractivity contribution in [3.05, 3.63) is 29.8 Å². The number of fused-ring (bicyclic) bond motifs is 1. The normalized spacial score (nSPS) is 10.7. The summed E-state index contributed by atoms with van der Waals surface area (Å²) in [5.41, 5.74) is 2.68. The molecule has 5 heteroatoms. The Morgan fingerprint density at radius 1 is 1.28 bits per heavy atom. The summed E-state index contributed by atoms with van der Waals surface area (Å²) in [5, 5.41) is 4.07. The molecule has 0 atom stereocenters. The van der Waals surface area contributed by atoms with Crippen LogP contribution >= 0.6 is 23.3 Å². The van der Waals surface area contributed by atoms with Gasteiger partial charge in [-0.1, -0.05) is 24.1 Å². The minimum absolute atomic E-state index is 0.710. The topological polar surface area (TPSA) is 37.8 Å². The Bertz CT molecular complexity index is 524. The van der Waals surface area contributed by atoms with Crippen LogP contribution in [0.3, 0.4) is 0 Å². The van der Waals surface area contributed by atoms with Crippen LogP contribution in [0.4, 0.5) is 5.69 Å². The molecule has 0 amide bonds. The zero-order valence-electron chi connectivity index (χ0n) is 10.2. The molecule has 0 saturated heterocycles. The Kier molecular flexibility index (Phi) is 4.96. The van der Waals surface area contributed by atoms with Gasteiger partial charge in [0.05, 0.1) is 22.4 Å². The fourth-order valence-corrected chi connectivity index (χ4v) is 2.56. The number of unbranched alkanes of at least 4 members (excludes halogenated alkanes) is 3. The van der Waals surface area contributed by atoms with Crippen molar-refractivity contribution < 1.29 is 0 Å².